The van der Waals surface area contributed by atoms with Crippen molar-refractivity contribution >= 4 is 22.1 Å². The Bertz CT molecular complexity index is 1150. The van der Waals surface area contributed by atoms with E-state index < -0.39 is 0 Å². The van der Waals surface area contributed by atoms with Gasteiger partial charge < -0.3 is 4.98 Å². The number of H-pyrrole nitrogens is 1. The summed E-state index contributed by atoms with van der Waals surface area (Å²) in [5.74, 6) is 0. The van der Waals surface area contributed by atoms with Gasteiger partial charge in [0.05, 0.1) is 17.6 Å². The van der Waals surface area contributed by atoms with E-state index in [-0.39, 0.29) is 0 Å². The maximum absolute atomic E-state index is 4.60. The van der Waals surface area contributed by atoms with Crippen molar-refractivity contribution in [3.8, 4) is 16.9 Å². The van der Waals surface area contributed by atoms with Crippen LogP contribution in [0.1, 0.15) is 0 Å². The average Bonchev–Trinajstić information content (AvgIpc) is 3.26. The van der Waals surface area contributed by atoms with Gasteiger partial charge in [-0.1, -0.05) is 30.3 Å². The van der Waals surface area contributed by atoms with Crippen molar-refractivity contribution in [1.82, 2.24) is 19.5 Å². The van der Waals surface area contributed by atoms with E-state index in [1.807, 2.05) is 36.8 Å². The third-order valence-corrected chi connectivity index (χ3v) is 4.28. The molecule has 4 heteroatoms. The molecule has 0 fully saturated rings. The molecule has 0 bridgehead atoms. The summed E-state index contributed by atoms with van der Waals surface area (Å²) in [6.45, 7) is 0. The lowest BCUT2D eigenvalue weighted by Gasteiger charge is -2.10. The Hall–Kier alpha value is -3.40. The Balaban J connectivity index is 1.85. The Morgan fingerprint density at radius 3 is 2.67 bits per heavy atom. The van der Waals surface area contributed by atoms with Crippen LogP contribution < -0.4 is 0 Å². The largest absolute Gasteiger partial charge is 0.346 e. The first-order valence-corrected chi connectivity index (χ1v) is 7.85. The lowest BCUT2D eigenvalue weighted by molar-refractivity contribution is 1.09. The maximum Gasteiger partial charge on any atom is 0.144 e. The van der Waals surface area contributed by atoms with E-state index in [0.717, 1.165) is 39.0 Å². The van der Waals surface area contributed by atoms with Crippen LogP contribution >= 0.6 is 0 Å². The zero-order valence-corrected chi connectivity index (χ0v) is 12.8. The first-order valence-electron chi connectivity index (χ1n) is 7.85. The second-order valence-electron chi connectivity index (χ2n) is 5.76. The Morgan fingerprint density at radius 2 is 1.75 bits per heavy atom. The zero-order valence-electron chi connectivity index (χ0n) is 12.8. The van der Waals surface area contributed by atoms with Gasteiger partial charge in [0.25, 0.3) is 0 Å². The van der Waals surface area contributed by atoms with Crippen molar-refractivity contribution in [2.75, 3.05) is 0 Å². The average molecular weight is 310 g/mol. The van der Waals surface area contributed by atoms with Crippen LogP contribution in [0.2, 0.25) is 0 Å². The lowest BCUT2D eigenvalue weighted by Crippen LogP contribution is -1.98. The number of nitrogens with one attached hydrogen (secondary N) is 1. The summed E-state index contributed by atoms with van der Waals surface area (Å²) in [5.41, 5.74) is 5.11. The van der Waals surface area contributed by atoms with Crippen molar-refractivity contribution in [3.05, 3.63) is 79.3 Å². The molecule has 1 aromatic carbocycles. The van der Waals surface area contributed by atoms with Gasteiger partial charge in [-0.2, -0.15) is 0 Å². The smallest absolute Gasteiger partial charge is 0.144 e. The summed E-state index contributed by atoms with van der Waals surface area (Å²) < 4.78 is 2.17. The molecule has 0 aliphatic carbocycles. The highest BCUT2D eigenvalue weighted by Crippen LogP contribution is 2.30. The Kier molecular flexibility index (Phi) is 2.76. The van der Waals surface area contributed by atoms with E-state index in [1.54, 1.807) is 0 Å². The number of hydrogen-bond donors (Lipinski definition) is 1. The van der Waals surface area contributed by atoms with Gasteiger partial charge in [0.15, 0.2) is 0 Å². The molecule has 114 valence electrons. The van der Waals surface area contributed by atoms with Crippen LogP contribution in [0.3, 0.4) is 0 Å². The molecule has 5 aromatic rings. The molecule has 4 nitrogen and oxygen atoms in total. The van der Waals surface area contributed by atoms with E-state index in [1.165, 1.54) is 0 Å². The van der Waals surface area contributed by atoms with Gasteiger partial charge in [-0.15, -0.1) is 0 Å². The molecule has 4 heterocycles. The molecule has 24 heavy (non-hydrogen) atoms. The quantitative estimate of drug-likeness (QED) is 0.519. The molecule has 0 radical (unpaired) electrons. The number of aromatic nitrogens is 4. The summed E-state index contributed by atoms with van der Waals surface area (Å²) in [7, 11) is 0. The van der Waals surface area contributed by atoms with Gasteiger partial charge in [0.2, 0.25) is 0 Å². The molecular formula is C20H14N4. The van der Waals surface area contributed by atoms with E-state index >= 15 is 0 Å². The summed E-state index contributed by atoms with van der Waals surface area (Å²) in [6.07, 6.45) is 5.63. The highest BCUT2D eigenvalue weighted by atomic mass is 15.1. The molecule has 0 saturated heterocycles. The summed E-state index contributed by atoms with van der Waals surface area (Å²) >= 11 is 0. The van der Waals surface area contributed by atoms with E-state index in [4.69, 9.17) is 0 Å². The van der Waals surface area contributed by atoms with Gasteiger partial charge in [0, 0.05) is 23.2 Å². The minimum atomic E-state index is 0.893. The molecule has 1 N–H and O–H groups in total. The van der Waals surface area contributed by atoms with Crippen LogP contribution in [0.4, 0.5) is 0 Å². The molecule has 5 rings (SSSR count). The maximum atomic E-state index is 4.60. The number of pyridine rings is 2. The monoisotopic (exact) mass is 310 g/mol. The lowest BCUT2D eigenvalue weighted by atomic mass is 10.1. The minimum absolute atomic E-state index is 0.893. The molecule has 0 atom stereocenters. The fourth-order valence-electron chi connectivity index (χ4n) is 3.17. The number of rotatable bonds is 2. The summed E-state index contributed by atoms with van der Waals surface area (Å²) in [5, 5.41) is 2.20. The van der Waals surface area contributed by atoms with Gasteiger partial charge in [-0.3, -0.25) is 4.57 Å². The topological polar surface area (TPSA) is 46.5 Å². The second kappa shape index (κ2) is 5.06. The molecule has 0 unspecified atom stereocenters. The first-order chi connectivity index (χ1) is 11.9. The molecule has 0 amide bonds. The standard InChI is InChI=1S/C20H14N4/c1-2-5-14(6-3-1)18-12-16-7-4-9-22-20(16)24(18)17-11-15-8-10-21-19(15)23-13-17/h1-13H,(H,21,23). The predicted octanol–water partition coefficient (Wildman–Crippen LogP) is 4.57. The van der Waals surface area contributed by atoms with Crippen molar-refractivity contribution in [2.24, 2.45) is 0 Å². The van der Waals surface area contributed by atoms with Crippen molar-refractivity contribution in [1.29, 1.82) is 0 Å². The number of nitrogens with zero attached hydrogens (tertiary/aromatic N) is 3. The summed E-state index contributed by atoms with van der Waals surface area (Å²) in [6, 6.07) is 20.8. The summed E-state index contributed by atoms with van der Waals surface area (Å²) in [4.78, 5) is 12.3. The van der Waals surface area contributed by atoms with Crippen LogP contribution in [0.15, 0.2) is 79.3 Å². The van der Waals surface area contributed by atoms with Crippen LogP contribution in [-0.4, -0.2) is 19.5 Å². The molecule has 0 aliphatic rings. The van der Waals surface area contributed by atoms with Crippen molar-refractivity contribution in [3.63, 3.8) is 0 Å². The SMILES string of the molecule is c1ccc(-c2cc3cccnc3n2-c2cnc3[nH]ccc3c2)cc1. The number of hydrogen-bond acceptors (Lipinski definition) is 2. The van der Waals surface area contributed by atoms with E-state index in [9.17, 15) is 0 Å². The molecule has 0 saturated carbocycles. The molecule has 0 aliphatic heterocycles. The molecule has 0 spiro atoms. The van der Waals surface area contributed by atoms with Crippen LogP contribution in [0.25, 0.3) is 39.0 Å². The highest BCUT2D eigenvalue weighted by Gasteiger charge is 2.13. The molecular weight excluding hydrogens is 296 g/mol. The van der Waals surface area contributed by atoms with Gasteiger partial charge >= 0.3 is 0 Å². The van der Waals surface area contributed by atoms with E-state index in [0.29, 0.717) is 0 Å². The normalized spacial score (nSPS) is 11.3. The Labute approximate surface area is 138 Å². The third-order valence-electron chi connectivity index (χ3n) is 4.28. The van der Waals surface area contributed by atoms with Gasteiger partial charge in [-0.05, 0) is 35.9 Å². The van der Waals surface area contributed by atoms with Crippen LogP contribution in [0, 0.1) is 0 Å². The van der Waals surface area contributed by atoms with Crippen molar-refractivity contribution in [2.45, 2.75) is 0 Å². The third kappa shape index (κ3) is 1.93. The zero-order chi connectivity index (χ0) is 15.9. The first kappa shape index (κ1) is 13.1. The van der Waals surface area contributed by atoms with Gasteiger partial charge in [-0.25, -0.2) is 9.97 Å². The fraction of sp³-hybridized carbons (Fsp3) is 0. The van der Waals surface area contributed by atoms with Crippen LogP contribution in [-0.2, 0) is 0 Å². The molecule has 4 aromatic heterocycles. The second-order valence-corrected chi connectivity index (χ2v) is 5.76. The fourth-order valence-corrected chi connectivity index (χ4v) is 3.17. The van der Waals surface area contributed by atoms with E-state index in [2.05, 4.69) is 62.0 Å². The van der Waals surface area contributed by atoms with Gasteiger partial charge in [0.1, 0.15) is 11.3 Å². The van der Waals surface area contributed by atoms with Crippen molar-refractivity contribution < 1.29 is 0 Å². The number of fused-ring (bicyclic) bond motifs is 2. The number of benzene rings is 1. The number of aromatic amines is 1. The predicted molar refractivity (Wildman–Crippen MR) is 96.2 cm³/mol. The van der Waals surface area contributed by atoms with Crippen LogP contribution in [0.5, 0.6) is 0 Å². The Morgan fingerprint density at radius 1 is 0.833 bits per heavy atom. The highest BCUT2D eigenvalue weighted by molar-refractivity contribution is 5.87. The minimum Gasteiger partial charge on any atom is -0.346 e.